The van der Waals surface area contributed by atoms with Crippen molar-refractivity contribution in [3.8, 4) is 0 Å². The van der Waals surface area contributed by atoms with Gasteiger partial charge in [-0.05, 0) is 36.4 Å². The van der Waals surface area contributed by atoms with Crippen LogP contribution in [0.25, 0.3) is 0 Å². The number of aromatic nitrogens is 3. The monoisotopic (exact) mass is 387 g/mol. The average molecular weight is 388 g/mol. The third-order valence-corrected chi connectivity index (χ3v) is 4.88. The normalized spacial score (nSPS) is 10.5. The summed E-state index contributed by atoms with van der Waals surface area (Å²) in [5, 5.41) is 15.8. The Morgan fingerprint density at radius 1 is 1.08 bits per heavy atom. The number of nitrogens with zero attached hydrogens (tertiary/aromatic N) is 3. The highest BCUT2D eigenvalue weighted by atomic mass is 35.5. The second-order valence-electron chi connectivity index (χ2n) is 5.52. The summed E-state index contributed by atoms with van der Waals surface area (Å²) in [6.45, 7) is 0.530. The van der Waals surface area contributed by atoms with Gasteiger partial charge in [-0.3, -0.25) is 4.79 Å². The van der Waals surface area contributed by atoms with Gasteiger partial charge in [-0.1, -0.05) is 41.6 Å². The quantitative estimate of drug-likeness (QED) is 0.603. The van der Waals surface area contributed by atoms with Gasteiger partial charge in [0.05, 0.1) is 12.3 Å². The number of hydrogen-bond acceptors (Lipinski definition) is 5. The van der Waals surface area contributed by atoms with Gasteiger partial charge in [-0.2, -0.15) is 0 Å². The van der Waals surface area contributed by atoms with Crippen LogP contribution in [0, 0.1) is 0 Å². The number of carbonyl (C=O) groups is 1. The van der Waals surface area contributed by atoms with E-state index in [1.165, 1.54) is 11.8 Å². The van der Waals surface area contributed by atoms with Crippen LogP contribution in [0.4, 0.5) is 11.4 Å². The Morgan fingerprint density at radius 3 is 2.54 bits per heavy atom. The molecule has 3 rings (SSSR count). The minimum absolute atomic E-state index is 0.0787. The fourth-order valence-corrected chi connectivity index (χ4v) is 3.08. The first-order valence-corrected chi connectivity index (χ1v) is 9.33. The first kappa shape index (κ1) is 18.3. The van der Waals surface area contributed by atoms with E-state index in [0.29, 0.717) is 16.7 Å². The third-order valence-electron chi connectivity index (χ3n) is 3.61. The molecule has 0 bridgehead atoms. The van der Waals surface area contributed by atoms with Gasteiger partial charge in [0.2, 0.25) is 5.91 Å². The highest BCUT2D eigenvalue weighted by Crippen LogP contribution is 2.18. The highest BCUT2D eigenvalue weighted by Gasteiger charge is 2.11. The fourth-order valence-electron chi connectivity index (χ4n) is 2.22. The number of halogens is 1. The van der Waals surface area contributed by atoms with Gasteiger partial charge in [0, 0.05) is 23.4 Å². The Labute approximate surface area is 161 Å². The first-order chi connectivity index (χ1) is 12.6. The number of nitrogens with one attached hydrogen (secondary N) is 2. The molecule has 6 nitrogen and oxygen atoms in total. The van der Waals surface area contributed by atoms with Gasteiger partial charge >= 0.3 is 0 Å². The van der Waals surface area contributed by atoms with E-state index in [2.05, 4.69) is 20.8 Å². The molecular weight excluding hydrogens is 370 g/mol. The van der Waals surface area contributed by atoms with E-state index in [4.69, 9.17) is 11.6 Å². The topological polar surface area (TPSA) is 71.8 Å². The van der Waals surface area contributed by atoms with Crippen molar-refractivity contribution in [2.75, 3.05) is 16.4 Å². The van der Waals surface area contributed by atoms with Crippen LogP contribution in [0.5, 0.6) is 0 Å². The number of carbonyl (C=O) groups excluding carboxylic acids is 1. The summed E-state index contributed by atoms with van der Waals surface area (Å²) in [6.07, 6.45) is 0. The molecule has 0 saturated heterocycles. The van der Waals surface area contributed by atoms with Crippen LogP contribution in [0.1, 0.15) is 5.82 Å². The fraction of sp³-hybridized carbons (Fsp3) is 0.167. The number of para-hydroxylation sites is 1. The molecular formula is C18H18ClN5OS. The van der Waals surface area contributed by atoms with E-state index in [-0.39, 0.29) is 11.7 Å². The number of rotatable bonds is 7. The molecule has 2 aromatic carbocycles. The second-order valence-corrected chi connectivity index (χ2v) is 6.90. The molecule has 134 valence electrons. The molecule has 8 heteroatoms. The first-order valence-electron chi connectivity index (χ1n) is 7.97. The van der Waals surface area contributed by atoms with Crippen molar-refractivity contribution < 1.29 is 4.79 Å². The predicted molar refractivity (Wildman–Crippen MR) is 106 cm³/mol. The Kier molecular flexibility index (Phi) is 6.14. The van der Waals surface area contributed by atoms with E-state index in [9.17, 15) is 4.79 Å². The van der Waals surface area contributed by atoms with E-state index >= 15 is 0 Å². The summed E-state index contributed by atoms with van der Waals surface area (Å²) in [4.78, 5) is 12.0. The van der Waals surface area contributed by atoms with Gasteiger partial charge < -0.3 is 15.2 Å². The number of amides is 1. The van der Waals surface area contributed by atoms with Gasteiger partial charge in [0.15, 0.2) is 11.0 Å². The molecule has 26 heavy (non-hydrogen) atoms. The summed E-state index contributed by atoms with van der Waals surface area (Å²) in [5.74, 6) is 0.974. The SMILES string of the molecule is Cn1c(CNc2ccc(Cl)cc2)nnc1SCC(=O)Nc1ccccc1. The smallest absolute Gasteiger partial charge is 0.234 e. The Balaban J connectivity index is 1.51. The van der Waals surface area contributed by atoms with E-state index in [0.717, 1.165) is 17.2 Å². The molecule has 0 atom stereocenters. The van der Waals surface area contributed by atoms with Gasteiger partial charge in [0.1, 0.15) is 0 Å². The van der Waals surface area contributed by atoms with Crippen molar-refractivity contribution in [1.82, 2.24) is 14.8 Å². The molecule has 0 fully saturated rings. The summed E-state index contributed by atoms with van der Waals surface area (Å²) >= 11 is 7.23. The lowest BCUT2D eigenvalue weighted by Crippen LogP contribution is -2.14. The Bertz CT molecular complexity index is 867. The van der Waals surface area contributed by atoms with Crippen molar-refractivity contribution in [2.45, 2.75) is 11.7 Å². The van der Waals surface area contributed by atoms with Gasteiger partial charge in [-0.15, -0.1) is 10.2 Å². The minimum atomic E-state index is -0.0787. The van der Waals surface area contributed by atoms with Crippen LogP contribution in [0.2, 0.25) is 5.02 Å². The van der Waals surface area contributed by atoms with Crippen molar-refractivity contribution in [3.05, 3.63) is 65.4 Å². The highest BCUT2D eigenvalue weighted by molar-refractivity contribution is 7.99. The molecule has 0 saturated carbocycles. The maximum absolute atomic E-state index is 12.0. The zero-order valence-electron chi connectivity index (χ0n) is 14.1. The minimum Gasteiger partial charge on any atom is -0.378 e. The number of anilines is 2. The van der Waals surface area contributed by atoms with Crippen molar-refractivity contribution in [1.29, 1.82) is 0 Å². The second kappa shape index (κ2) is 8.73. The predicted octanol–water partition coefficient (Wildman–Crippen LogP) is 3.81. The molecule has 2 N–H and O–H groups in total. The standard InChI is InChI=1S/C18H18ClN5OS/c1-24-16(11-20-14-9-7-13(19)8-10-14)22-23-18(24)26-12-17(25)21-15-5-3-2-4-6-15/h2-10,20H,11-12H2,1H3,(H,21,25). The maximum atomic E-state index is 12.0. The molecule has 0 radical (unpaired) electrons. The van der Waals surface area contributed by atoms with Crippen LogP contribution < -0.4 is 10.6 Å². The molecule has 0 aliphatic carbocycles. The zero-order chi connectivity index (χ0) is 18.4. The van der Waals surface area contributed by atoms with E-state index in [1.54, 1.807) is 0 Å². The molecule has 0 unspecified atom stereocenters. The van der Waals surface area contributed by atoms with Crippen molar-refractivity contribution in [3.63, 3.8) is 0 Å². The summed E-state index contributed by atoms with van der Waals surface area (Å²) in [5.41, 5.74) is 1.73. The van der Waals surface area contributed by atoms with E-state index < -0.39 is 0 Å². The van der Waals surface area contributed by atoms with Gasteiger partial charge in [0.25, 0.3) is 0 Å². The van der Waals surface area contributed by atoms with Crippen LogP contribution in [-0.2, 0) is 18.4 Å². The van der Waals surface area contributed by atoms with Crippen LogP contribution in [0.3, 0.4) is 0 Å². The van der Waals surface area contributed by atoms with Crippen LogP contribution >= 0.6 is 23.4 Å². The lowest BCUT2D eigenvalue weighted by Gasteiger charge is -2.07. The van der Waals surface area contributed by atoms with Crippen LogP contribution in [0.15, 0.2) is 59.8 Å². The number of benzene rings is 2. The Hall–Kier alpha value is -2.51. The van der Waals surface area contributed by atoms with Crippen LogP contribution in [-0.4, -0.2) is 26.4 Å². The third kappa shape index (κ3) is 5.00. The molecule has 1 amide bonds. The lowest BCUT2D eigenvalue weighted by atomic mass is 10.3. The number of hydrogen-bond donors (Lipinski definition) is 2. The summed E-state index contributed by atoms with van der Waals surface area (Å²) in [6, 6.07) is 16.8. The molecule has 0 aliphatic rings. The van der Waals surface area contributed by atoms with E-state index in [1.807, 2.05) is 66.2 Å². The molecule has 1 aromatic heterocycles. The maximum Gasteiger partial charge on any atom is 0.234 e. The zero-order valence-corrected chi connectivity index (χ0v) is 15.7. The number of thioether (sulfide) groups is 1. The average Bonchev–Trinajstić information content (AvgIpc) is 3.00. The molecule has 0 spiro atoms. The Morgan fingerprint density at radius 2 is 1.81 bits per heavy atom. The molecule has 0 aliphatic heterocycles. The van der Waals surface area contributed by atoms with Crippen molar-refractivity contribution >= 4 is 40.6 Å². The lowest BCUT2D eigenvalue weighted by molar-refractivity contribution is -0.113. The largest absolute Gasteiger partial charge is 0.378 e. The molecule has 3 aromatic rings. The summed E-state index contributed by atoms with van der Waals surface area (Å²) in [7, 11) is 1.89. The molecule has 1 heterocycles. The van der Waals surface area contributed by atoms with Gasteiger partial charge in [-0.25, -0.2) is 0 Å². The summed E-state index contributed by atoms with van der Waals surface area (Å²) < 4.78 is 1.88. The van der Waals surface area contributed by atoms with Crippen molar-refractivity contribution in [2.24, 2.45) is 7.05 Å².